The highest BCUT2D eigenvalue weighted by molar-refractivity contribution is 5.78. The van der Waals surface area contributed by atoms with Gasteiger partial charge in [0.25, 0.3) is 0 Å². The highest BCUT2D eigenvalue weighted by Crippen LogP contribution is 2.11. The Balaban J connectivity index is 1.80. The molecule has 1 aromatic rings. The number of anilines is 1. The maximum absolute atomic E-state index is 12.4. The maximum atomic E-state index is 12.4. The first-order valence-corrected chi connectivity index (χ1v) is 8.25. The minimum Gasteiger partial charge on any atom is -0.353 e. The summed E-state index contributed by atoms with van der Waals surface area (Å²) >= 11 is 0. The summed E-state index contributed by atoms with van der Waals surface area (Å²) < 4.78 is 0. The summed E-state index contributed by atoms with van der Waals surface area (Å²) in [5.74, 6) is 1.18. The molecule has 1 aromatic heterocycles. The Morgan fingerprint density at radius 1 is 1.14 bits per heavy atom. The predicted molar refractivity (Wildman–Crippen MR) is 87.8 cm³/mol. The van der Waals surface area contributed by atoms with Crippen LogP contribution in [-0.4, -0.2) is 71.5 Å². The number of hydrogen-bond donors (Lipinski definition) is 0. The van der Waals surface area contributed by atoms with Crippen molar-refractivity contribution in [3.8, 4) is 0 Å². The highest BCUT2D eigenvalue weighted by Gasteiger charge is 2.21. The Kier molecular flexibility index (Phi) is 6.58. The Hall–Kier alpha value is -1.69. The van der Waals surface area contributed by atoms with Gasteiger partial charge >= 0.3 is 0 Å². The average molecular weight is 305 g/mol. The number of carbonyl (C=O) groups excluding carboxylic acids is 1. The SMILES string of the molecule is CCCN(CCC)C(=O)CN1CCN(c2cnccn2)CC1. The summed E-state index contributed by atoms with van der Waals surface area (Å²) in [5, 5.41) is 0. The third-order valence-electron chi connectivity index (χ3n) is 3.94. The third-order valence-corrected chi connectivity index (χ3v) is 3.94. The molecule has 0 unspecified atom stereocenters. The van der Waals surface area contributed by atoms with E-state index in [-0.39, 0.29) is 5.91 Å². The number of hydrogen-bond acceptors (Lipinski definition) is 5. The predicted octanol–water partition coefficient (Wildman–Crippen LogP) is 1.25. The largest absolute Gasteiger partial charge is 0.353 e. The Morgan fingerprint density at radius 2 is 1.82 bits per heavy atom. The Labute approximate surface area is 133 Å². The lowest BCUT2D eigenvalue weighted by Crippen LogP contribution is -2.50. The molecule has 0 aromatic carbocycles. The first-order valence-electron chi connectivity index (χ1n) is 8.25. The fourth-order valence-electron chi connectivity index (χ4n) is 2.78. The Bertz CT molecular complexity index is 439. The molecule has 0 saturated carbocycles. The van der Waals surface area contributed by atoms with E-state index in [0.29, 0.717) is 6.54 Å². The van der Waals surface area contributed by atoms with Gasteiger partial charge in [0.15, 0.2) is 0 Å². The zero-order valence-corrected chi connectivity index (χ0v) is 13.7. The number of amides is 1. The molecular formula is C16H27N5O. The summed E-state index contributed by atoms with van der Waals surface area (Å²) in [7, 11) is 0. The monoisotopic (exact) mass is 305 g/mol. The highest BCUT2D eigenvalue weighted by atomic mass is 16.2. The molecule has 6 nitrogen and oxygen atoms in total. The van der Waals surface area contributed by atoms with Gasteiger partial charge in [-0.25, -0.2) is 4.98 Å². The van der Waals surface area contributed by atoms with Crippen LogP contribution in [0.5, 0.6) is 0 Å². The van der Waals surface area contributed by atoms with Gasteiger partial charge in [0.2, 0.25) is 5.91 Å². The fourth-order valence-corrected chi connectivity index (χ4v) is 2.78. The molecule has 0 N–H and O–H groups in total. The van der Waals surface area contributed by atoms with Crippen LogP contribution in [0.15, 0.2) is 18.6 Å². The first kappa shape index (κ1) is 16.7. The average Bonchev–Trinajstić information content (AvgIpc) is 2.56. The molecule has 6 heteroatoms. The number of rotatable bonds is 7. The fraction of sp³-hybridized carbons (Fsp3) is 0.688. The lowest BCUT2D eigenvalue weighted by atomic mass is 10.3. The molecule has 0 spiro atoms. The maximum Gasteiger partial charge on any atom is 0.236 e. The van der Waals surface area contributed by atoms with Crippen LogP contribution < -0.4 is 4.90 Å². The van der Waals surface area contributed by atoms with E-state index in [1.165, 1.54) is 0 Å². The van der Waals surface area contributed by atoms with Gasteiger partial charge in [0, 0.05) is 51.7 Å². The summed E-state index contributed by atoms with van der Waals surface area (Å²) in [4.78, 5) is 27.3. The summed E-state index contributed by atoms with van der Waals surface area (Å²) in [5.41, 5.74) is 0. The van der Waals surface area contributed by atoms with E-state index in [9.17, 15) is 4.79 Å². The normalized spacial score (nSPS) is 15.8. The van der Waals surface area contributed by atoms with Crippen LogP contribution in [0.1, 0.15) is 26.7 Å². The van der Waals surface area contributed by atoms with Crippen LogP contribution in [0.3, 0.4) is 0 Å². The van der Waals surface area contributed by atoms with Gasteiger partial charge in [-0.05, 0) is 12.8 Å². The molecule has 22 heavy (non-hydrogen) atoms. The van der Waals surface area contributed by atoms with Crippen molar-refractivity contribution in [2.45, 2.75) is 26.7 Å². The zero-order chi connectivity index (χ0) is 15.8. The van der Waals surface area contributed by atoms with Gasteiger partial charge in [-0.3, -0.25) is 14.7 Å². The lowest BCUT2D eigenvalue weighted by molar-refractivity contribution is -0.132. The molecule has 1 amide bonds. The van der Waals surface area contributed by atoms with Crippen molar-refractivity contribution in [1.29, 1.82) is 0 Å². The minimum absolute atomic E-state index is 0.261. The van der Waals surface area contributed by atoms with Gasteiger partial charge in [-0.1, -0.05) is 13.8 Å². The van der Waals surface area contributed by atoms with Gasteiger partial charge in [-0.15, -0.1) is 0 Å². The van der Waals surface area contributed by atoms with Crippen molar-refractivity contribution in [1.82, 2.24) is 19.8 Å². The second kappa shape index (κ2) is 8.68. The summed E-state index contributed by atoms with van der Waals surface area (Å²) in [6, 6.07) is 0. The van der Waals surface area contributed by atoms with Crippen molar-refractivity contribution >= 4 is 11.7 Å². The zero-order valence-electron chi connectivity index (χ0n) is 13.7. The van der Waals surface area contributed by atoms with Crippen molar-refractivity contribution < 1.29 is 4.79 Å². The molecule has 2 rings (SSSR count). The van der Waals surface area contributed by atoms with Crippen LogP contribution in [0.25, 0.3) is 0 Å². The molecule has 2 heterocycles. The molecule has 122 valence electrons. The summed E-state index contributed by atoms with van der Waals surface area (Å²) in [6.07, 6.45) is 7.25. The van der Waals surface area contributed by atoms with Crippen molar-refractivity contribution in [2.24, 2.45) is 0 Å². The second-order valence-electron chi connectivity index (χ2n) is 5.71. The van der Waals surface area contributed by atoms with Crippen molar-refractivity contribution in [3.05, 3.63) is 18.6 Å². The molecular weight excluding hydrogens is 278 g/mol. The number of piperazine rings is 1. The second-order valence-corrected chi connectivity index (χ2v) is 5.71. The Morgan fingerprint density at radius 3 is 2.36 bits per heavy atom. The lowest BCUT2D eigenvalue weighted by Gasteiger charge is -2.35. The van der Waals surface area contributed by atoms with E-state index in [4.69, 9.17) is 0 Å². The molecule has 1 aliphatic rings. The molecule has 0 atom stereocenters. The molecule has 1 saturated heterocycles. The van der Waals surface area contributed by atoms with Gasteiger partial charge in [0.05, 0.1) is 12.7 Å². The molecule has 0 bridgehead atoms. The van der Waals surface area contributed by atoms with Crippen LogP contribution in [0, 0.1) is 0 Å². The van der Waals surface area contributed by atoms with E-state index < -0.39 is 0 Å². The van der Waals surface area contributed by atoms with Crippen LogP contribution in [0.4, 0.5) is 5.82 Å². The van der Waals surface area contributed by atoms with E-state index in [1.54, 1.807) is 18.6 Å². The number of nitrogens with zero attached hydrogens (tertiary/aromatic N) is 5. The number of aromatic nitrogens is 2. The smallest absolute Gasteiger partial charge is 0.236 e. The van der Waals surface area contributed by atoms with Crippen LogP contribution in [0.2, 0.25) is 0 Å². The van der Waals surface area contributed by atoms with Gasteiger partial charge in [-0.2, -0.15) is 0 Å². The van der Waals surface area contributed by atoms with E-state index >= 15 is 0 Å². The number of carbonyl (C=O) groups is 1. The molecule has 1 fully saturated rings. The van der Waals surface area contributed by atoms with E-state index in [0.717, 1.165) is 57.9 Å². The molecule has 0 aliphatic carbocycles. The summed E-state index contributed by atoms with van der Waals surface area (Å²) in [6.45, 7) is 10.1. The minimum atomic E-state index is 0.261. The molecule has 1 aliphatic heterocycles. The standard InChI is InChI=1S/C16H27N5O/c1-3-7-21(8-4-2)16(22)14-19-9-11-20(12-10-19)15-13-17-5-6-18-15/h5-6,13H,3-4,7-12,14H2,1-2H3. The topological polar surface area (TPSA) is 52.6 Å². The molecule has 0 radical (unpaired) electrons. The van der Waals surface area contributed by atoms with Crippen molar-refractivity contribution in [3.63, 3.8) is 0 Å². The van der Waals surface area contributed by atoms with Crippen LogP contribution in [-0.2, 0) is 4.79 Å². The third kappa shape index (κ3) is 4.66. The van der Waals surface area contributed by atoms with Crippen LogP contribution >= 0.6 is 0 Å². The first-order chi connectivity index (χ1) is 10.7. The van der Waals surface area contributed by atoms with E-state index in [2.05, 4.69) is 33.6 Å². The van der Waals surface area contributed by atoms with Gasteiger partial charge < -0.3 is 9.80 Å². The van der Waals surface area contributed by atoms with Crippen molar-refractivity contribution in [2.75, 3.05) is 50.7 Å². The quantitative estimate of drug-likeness (QED) is 0.759. The van der Waals surface area contributed by atoms with E-state index in [1.807, 2.05) is 4.90 Å². The van der Waals surface area contributed by atoms with Gasteiger partial charge in [0.1, 0.15) is 5.82 Å².